The van der Waals surface area contributed by atoms with Gasteiger partial charge in [0.25, 0.3) is 15.9 Å². The predicted molar refractivity (Wildman–Crippen MR) is 192 cm³/mol. The number of aliphatic carboxylic acids is 1. The number of carbonyl (C=O) groups is 2. The third-order valence-corrected chi connectivity index (χ3v) is 11.4. The summed E-state index contributed by atoms with van der Waals surface area (Å²) >= 11 is 7.66. The topological polar surface area (TPSA) is 125 Å². The highest BCUT2D eigenvalue weighted by atomic mass is 35.5. The predicted octanol–water partition coefficient (Wildman–Crippen LogP) is 7.08. The second-order valence-electron chi connectivity index (χ2n) is 11.6. The van der Waals surface area contributed by atoms with Gasteiger partial charge < -0.3 is 14.6 Å². The number of aromatic nitrogens is 1. The molecular formula is C38H36ClN2O6S2-. The van der Waals surface area contributed by atoms with E-state index in [0.717, 1.165) is 22.2 Å². The molecule has 2 unspecified atom stereocenters. The van der Waals surface area contributed by atoms with Crippen molar-refractivity contribution in [2.24, 2.45) is 5.92 Å². The number of thioether (sulfide) groups is 1. The molecule has 0 saturated heterocycles. The molecule has 0 saturated carbocycles. The van der Waals surface area contributed by atoms with Crippen molar-refractivity contribution >= 4 is 56.2 Å². The Labute approximate surface area is 295 Å². The molecule has 0 bridgehead atoms. The van der Waals surface area contributed by atoms with E-state index in [0.29, 0.717) is 46.9 Å². The smallest absolute Gasteiger partial charge is 0.265 e. The van der Waals surface area contributed by atoms with Crippen LogP contribution in [0.2, 0.25) is 5.02 Å². The van der Waals surface area contributed by atoms with Crippen LogP contribution in [0.25, 0.3) is 10.9 Å². The Bertz CT molecular complexity index is 2070. The molecule has 1 N–H and O–H groups in total. The van der Waals surface area contributed by atoms with E-state index in [4.69, 9.17) is 16.3 Å². The van der Waals surface area contributed by atoms with E-state index in [1.165, 1.54) is 17.8 Å². The van der Waals surface area contributed by atoms with E-state index in [1.807, 2.05) is 61.5 Å². The Hall–Kier alpha value is -4.38. The zero-order valence-electron chi connectivity index (χ0n) is 27.1. The average molecular weight is 716 g/mol. The number of ether oxygens (including phenoxy) is 1. The fraction of sp³-hybridized carbons (Fsp3) is 0.237. The number of hydrogen-bond acceptors (Lipinski definition) is 8. The number of carboxylic acid groups (broad SMARTS) is 1. The number of aryl methyl sites for hydroxylation is 2. The highest BCUT2D eigenvalue weighted by Gasteiger charge is 2.23. The van der Waals surface area contributed by atoms with Crippen LogP contribution in [0, 0.1) is 12.8 Å². The summed E-state index contributed by atoms with van der Waals surface area (Å²) in [5.74, 6) is -1.46. The Morgan fingerprint density at radius 2 is 1.71 bits per heavy atom. The number of carbonyl (C=O) groups excluding carboxylic acids is 2. The summed E-state index contributed by atoms with van der Waals surface area (Å²) in [6, 6.07) is 30.4. The lowest BCUT2D eigenvalue weighted by molar-refractivity contribution is -0.310. The minimum absolute atomic E-state index is 0.0404. The first-order valence-corrected chi connectivity index (χ1v) is 18.8. The van der Waals surface area contributed by atoms with Crippen LogP contribution >= 0.6 is 23.4 Å². The molecule has 0 radical (unpaired) electrons. The summed E-state index contributed by atoms with van der Waals surface area (Å²) in [6.07, 6.45) is 1.41. The standard InChI is InChI=1S/C38H37ClN2O6S2/c1-3-26(38(43)44)24-48-35(29-11-8-12-32(21-29)47-23-31-19-16-28-15-18-30(39)22-34(28)40-31)20-17-27-10-5-6-13-33(27)37(42)41-49(45,46)36-14-7-4-9-25(36)2/h4-16,18-19,21-22,26,35H,3,17,20,23-24H2,1-2H3,(H,41,42)(H,43,44)/p-1. The van der Waals surface area contributed by atoms with Crippen LogP contribution in [0.1, 0.15) is 57.8 Å². The van der Waals surface area contributed by atoms with Crippen LogP contribution in [0.3, 0.4) is 0 Å². The number of amides is 1. The number of sulfonamides is 1. The molecule has 0 aliphatic carbocycles. The summed E-state index contributed by atoms with van der Waals surface area (Å²) in [5.41, 5.74) is 3.91. The number of benzene rings is 4. The lowest BCUT2D eigenvalue weighted by Gasteiger charge is -2.22. The van der Waals surface area contributed by atoms with Crippen molar-refractivity contribution in [1.29, 1.82) is 0 Å². The third kappa shape index (κ3) is 9.41. The van der Waals surface area contributed by atoms with Crippen molar-refractivity contribution in [3.63, 3.8) is 0 Å². The van der Waals surface area contributed by atoms with Gasteiger partial charge in [-0.1, -0.05) is 79.2 Å². The summed E-state index contributed by atoms with van der Waals surface area (Å²) in [6.45, 7) is 3.73. The van der Waals surface area contributed by atoms with E-state index in [2.05, 4.69) is 9.71 Å². The Morgan fingerprint density at radius 1 is 0.959 bits per heavy atom. The van der Waals surface area contributed by atoms with Crippen molar-refractivity contribution in [3.8, 4) is 5.75 Å². The van der Waals surface area contributed by atoms with Gasteiger partial charge in [0.2, 0.25) is 0 Å². The van der Waals surface area contributed by atoms with Crippen LogP contribution in [0.5, 0.6) is 5.75 Å². The second-order valence-corrected chi connectivity index (χ2v) is 15.0. The third-order valence-electron chi connectivity index (χ3n) is 8.20. The molecule has 49 heavy (non-hydrogen) atoms. The van der Waals surface area contributed by atoms with Gasteiger partial charge in [-0.15, -0.1) is 0 Å². The quantitative estimate of drug-likeness (QED) is 0.122. The molecule has 11 heteroatoms. The molecule has 1 heterocycles. The van der Waals surface area contributed by atoms with Gasteiger partial charge in [0.15, 0.2) is 0 Å². The first kappa shape index (κ1) is 35.9. The summed E-state index contributed by atoms with van der Waals surface area (Å²) in [4.78, 5) is 29.8. The van der Waals surface area contributed by atoms with Crippen LogP contribution < -0.4 is 14.6 Å². The van der Waals surface area contributed by atoms with Gasteiger partial charge >= 0.3 is 0 Å². The fourth-order valence-electron chi connectivity index (χ4n) is 5.44. The van der Waals surface area contributed by atoms with Crippen LogP contribution in [0.4, 0.5) is 0 Å². The van der Waals surface area contributed by atoms with Crippen LogP contribution in [-0.2, 0) is 27.8 Å². The number of carboxylic acids is 1. The van der Waals surface area contributed by atoms with Gasteiger partial charge in [-0.25, -0.2) is 18.1 Å². The van der Waals surface area contributed by atoms with E-state index >= 15 is 0 Å². The molecule has 8 nitrogen and oxygen atoms in total. The van der Waals surface area contributed by atoms with Gasteiger partial charge in [-0.2, -0.15) is 11.8 Å². The van der Waals surface area contributed by atoms with Gasteiger partial charge in [0.05, 0.1) is 16.1 Å². The van der Waals surface area contributed by atoms with Gasteiger partial charge in [0, 0.05) is 38.9 Å². The molecule has 4 aromatic carbocycles. The monoisotopic (exact) mass is 715 g/mol. The molecular weight excluding hydrogens is 680 g/mol. The maximum absolute atomic E-state index is 13.3. The van der Waals surface area contributed by atoms with Crippen LogP contribution in [-0.4, -0.2) is 31.0 Å². The largest absolute Gasteiger partial charge is 0.550 e. The number of nitrogens with one attached hydrogen (secondary N) is 1. The maximum Gasteiger partial charge on any atom is 0.265 e. The second kappa shape index (κ2) is 16.3. The molecule has 0 spiro atoms. The molecule has 1 amide bonds. The number of fused-ring (bicyclic) bond motifs is 1. The summed E-state index contributed by atoms with van der Waals surface area (Å²) < 4.78 is 34.5. The first-order chi connectivity index (χ1) is 23.5. The van der Waals surface area contributed by atoms with E-state index in [1.54, 1.807) is 49.4 Å². The summed E-state index contributed by atoms with van der Waals surface area (Å²) in [7, 11) is -4.09. The molecule has 5 rings (SSSR count). The number of nitrogens with zero attached hydrogens (tertiary/aromatic N) is 1. The van der Waals surface area contributed by atoms with Crippen molar-refractivity contribution in [1.82, 2.24) is 9.71 Å². The van der Waals surface area contributed by atoms with E-state index < -0.39 is 27.8 Å². The van der Waals surface area contributed by atoms with Crippen molar-refractivity contribution < 1.29 is 27.9 Å². The highest BCUT2D eigenvalue weighted by molar-refractivity contribution is 7.99. The molecule has 5 aromatic rings. The molecule has 0 fully saturated rings. The van der Waals surface area contributed by atoms with Crippen LogP contribution in [0.15, 0.2) is 108 Å². The number of rotatable bonds is 15. The lowest BCUT2D eigenvalue weighted by atomic mass is 9.99. The van der Waals surface area contributed by atoms with Crippen molar-refractivity contribution in [2.45, 2.75) is 49.9 Å². The Kier molecular flexibility index (Phi) is 12.0. The van der Waals surface area contributed by atoms with E-state index in [9.17, 15) is 23.1 Å². The molecule has 2 atom stereocenters. The van der Waals surface area contributed by atoms with E-state index in [-0.39, 0.29) is 22.3 Å². The first-order valence-electron chi connectivity index (χ1n) is 15.8. The lowest BCUT2D eigenvalue weighted by Crippen LogP contribution is -2.32. The minimum Gasteiger partial charge on any atom is -0.550 e. The minimum atomic E-state index is -4.09. The normalized spacial score (nSPS) is 12.7. The fourth-order valence-corrected chi connectivity index (χ4v) is 8.28. The van der Waals surface area contributed by atoms with Gasteiger partial charge in [0.1, 0.15) is 12.4 Å². The highest BCUT2D eigenvalue weighted by Crippen LogP contribution is 2.37. The molecule has 0 aliphatic heterocycles. The maximum atomic E-state index is 13.3. The molecule has 1 aromatic heterocycles. The average Bonchev–Trinajstić information content (AvgIpc) is 3.08. The zero-order chi connectivity index (χ0) is 35.0. The number of hydrogen-bond donors (Lipinski definition) is 1. The Balaban J connectivity index is 1.34. The van der Waals surface area contributed by atoms with Crippen molar-refractivity contribution in [2.75, 3.05) is 5.75 Å². The SMILES string of the molecule is CCC(CSC(CCc1ccccc1C(=O)NS(=O)(=O)c1ccccc1C)c1cccc(OCc2ccc3ccc(Cl)cc3n2)c1)C(=O)[O-]. The number of halogens is 1. The van der Waals surface area contributed by atoms with Gasteiger partial charge in [-0.05, 0) is 85.3 Å². The molecule has 0 aliphatic rings. The zero-order valence-corrected chi connectivity index (χ0v) is 29.5. The van der Waals surface area contributed by atoms with Crippen molar-refractivity contribution in [3.05, 3.63) is 136 Å². The Morgan fingerprint density at radius 3 is 2.49 bits per heavy atom. The number of pyridine rings is 1. The molecule has 254 valence electrons. The summed E-state index contributed by atoms with van der Waals surface area (Å²) in [5, 5.41) is 13.2. The van der Waals surface area contributed by atoms with Gasteiger partial charge in [-0.3, -0.25) is 4.79 Å².